The van der Waals surface area contributed by atoms with E-state index < -0.39 is 41.8 Å². The van der Waals surface area contributed by atoms with Crippen LogP contribution in [0, 0.1) is 17.5 Å². The number of amides is 1. The number of aliphatic carboxylic acids is 1. The van der Waals surface area contributed by atoms with Crippen molar-refractivity contribution in [2.45, 2.75) is 32.2 Å². The SMILES string of the molecule is CCCc1nc(C(=O)NC(Cc2cc(F)c(F)c(F)c2)C(=O)O)cs1. The van der Waals surface area contributed by atoms with Gasteiger partial charge in [-0.25, -0.2) is 22.9 Å². The summed E-state index contributed by atoms with van der Waals surface area (Å²) >= 11 is 1.29. The summed E-state index contributed by atoms with van der Waals surface area (Å²) in [6.45, 7) is 1.96. The van der Waals surface area contributed by atoms with E-state index in [2.05, 4.69) is 10.3 Å². The maximum Gasteiger partial charge on any atom is 0.326 e. The van der Waals surface area contributed by atoms with Gasteiger partial charge in [-0.3, -0.25) is 4.79 Å². The van der Waals surface area contributed by atoms with Gasteiger partial charge in [-0.05, 0) is 30.5 Å². The Labute approximate surface area is 145 Å². The second kappa shape index (κ2) is 8.11. The molecule has 1 amide bonds. The first-order valence-corrected chi connectivity index (χ1v) is 8.31. The number of aryl methyl sites for hydroxylation is 1. The smallest absolute Gasteiger partial charge is 0.326 e. The zero-order valence-electron chi connectivity index (χ0n) is 13.2. The number of benzene rings is 1. The molecule has 25 heavy (non-hydrogen) atoms. The summed E-state index contributed by atoms with van der Waals surface area (Å²) in [4.78, 5) is 27.5. The molecule has 5 nitrogen and oxygen atoms in total. The van der Waals surface area contributed by atoms with Crippen molar-refractivity contribution in [2.24, 2.45) is 0 Å². The van der Waals surface area contributed by atoms with Crippen LogP contribution in [0.2, 0.25) is 0 Å². The topological polar surface area (TPSA) is 79.3 Å². The average Bonchev–Trinajstić information content (AvgIpc) is 3.01. The highest BCUT2D eigenvalue weighted by Crippen LogP contribution is 2.16. The molecule has 1 atom stereocenters. The lowest BCUT2D eigenvalue weighted by molar-refractivity contribution is -0.139. The van der Waals surface area contributed by atoms with Gasteiger partial charge in [-0.15, -0.1) is 11.3 Å². The maximum absolute atomic E-state index is 13.2. The van der Waals surface area contributed by atoms with E-state index in [1.165, 1.54) is 16.7 Å². The van der Waals surface area contributed by atoms with E-state index >= 15 is 0 Å². The van der Waals surface area contributed by atoms with Gasteiger partial charge in [0.25, 0.3) is 5.91 Å². The minimum Gasteiger partial charge on any atom is -0.480 e. The predicted molar refractivity (Wildman–Crippen MR) is 85.0 cm³/mol. The molecular weight excluding hydrogens is 357 g/mol. The van der Waals surface area contributed by atoms with E-state index in [0.29, 0.717) is 18.6 Å². The second-order valence-electron chi connectivity index (χ2n) is 5.32. The Balaban J connectivity index is 2.12. The number of nitrogens with zero attached hydrogens (tertiary/aromatic N) is 1. The minimum absolute atomic E-state index is 0.0798. The maximum atomic E-state index is 13.2. The molecule has 1 aromatic carbocycles. The van der Waals surface area contributed by atoms with Gasteiger partial charge >= 0.3 is 5.97 Å². The fourth-order valence-corrected chi connectivity index (χ4v) is 3.02. The number of carboxylic acids is 1. The molecule has 1 aromatic heterocycles. The molecular formula is C16H15F3N2O3S. The zero-order valence-corrected chi connectivity index (χ0v) is 14.0. The summed E-state index contributed by atoms with van der Waals surface area (Å²) in [5, 5.41) is 13.7. The normalized spacial score (nSPS) is 12.0. The van der Waals surface area contributed by atoms with E-state index in [1.54, 1.807) is 0 Å². The van der Waals surface area contributed by atoms with E-state index in [0.717, 1.165) is 11.4 Å². The molecule has 2 rings (SSSR count). The summed E-state index contributed by atoms with van der Waals surface area (Å²) in [5.74, 6) is -6.56. The van der Waals surface area contributed by atoms with E-state index in [1.807, 2.05) is 6.92 Å². The number of rotatable bonds is 7. The third kappa shape index (κ3) is 4.79. The van der Waals surface area contributed by atoms with Crippen molar-refractivity contribution in [2.75, 3.05) is 0 Å². The molecule has 0 radical (unpaired) electrons. The molecule has 9 heteroatoms. The second-order valence-corrected chi connectivity index (χ2v) is 6.26. The number of aromatic nitrogens is 1. The standard InChI is InChI=1S/C16H15F3N2O3S/c1-2-3-13-20-12(7-25-13)15(22)21-11(16(23)24)6-8-4-9(17)14(19)10(18)5-8/h4-5,7,11H,2-3,6H2,1H3,(H,21,22)(H,23,24). The van der Waals surface area contributed by atoms with Crippen LogP contribution in [-0.2, 0) is 17.6 Å². The number of carboxylic acid groups (broad SMARTS) is 1. The summed E-state index contributed by atoms with van der Waals surface area (Å²) in [7, 11) is 0. The molecule has 0 fully saturated rings. The number of hydrogen-bond donors (Lipinski definition) is 2. The highest BCUT2D eigenvalue weighted by atomic mass is 32.1. The quantitative estimate of drug-likeness (QED) is 0.733. The number of carbonyl (C=O) groups is 2. The predicted octanol–water partition coefficient (Wildman–Crippen LogP) is 2.94. The van der Waals surface area contributed by atoms with Crippen molar-refractivity contribution in [3.8, 4) is 0 Å². The van der Waals surface area contributed by atoms with Gasteiger partial charge in [0.05, 0.1) is 5.01 Å². The van der Waals surface area contributed by atoms with Gasteiger partial charge in [0.1, 0.15) is 11.7 Å². The van der Waals surface area contributed by atoms with Crippen molar-refractivity contribution in [3.63, 3.8) is 0 Å². The summed E-state index contributed by atoms with van der Waals surface area (Å²) in [6, 6.07) is -0.0427. The fourth-order valence-electron chi connectivity index (χ4n) is 2.14. The molecule has 1 unspecified atom stereocenters. The lowest BCUT2D eigenvalue weighted by atomic mass is 10.1. The fraction of sp³-hybridized carbons (Fsp3) is 0.312. The van der Waals surface area contributed by atoms with Crippen LogP contribution < -0.4 is 5.32 Å². The van der Waals surface area contributed by atoms with Gasteiger partial charge in [0.15, 0.2) is 17.5 Å². The van der Waals surface area contributed by atoms with Gasteiger partial charge < -0.3 is 10.4 Å². The first-order valence-electron chi connectivity index (χ1n) is 7.43. The Morgan fingerprint density at radius 2 is 1.92 bits per heavy atom. The van der Waals surface area contributed by atoms with Crippen LogP contribution in [0.5, 0.6) is 0 Å². The molecule has 0 spiro atoms. The van der Waals surface area contributed by atoms with Crippen LogP contribution in [0.25, 0.3) is 0 Å². The van der Waals surface area contributed by atoms with Crippen molar-refractivity contribution in [1.29, 1.82) is 0 Å². The Morgan fingerprint density at radius 3 is 2.48 bits per heavy atom. The van der Waals surface area contributed by atoms with Crippen LogP contribution in [-0.4, -0.2) is 28.0 Å². The first-order chi connectivity index (χ1) is 11.8. The highest BCUT2D eigenvalue weighted by molar-refractivity contribution is 7.09. The number of carbonyl (C=O) groups excluding carboxylic acids is 1. The van der Waals surface area contributed by atoms with Gasteiger partial charge in [0.2, 0.25) is 0 Å². The number of halogens is 3. The van der Waals surface area contributed by atoms with Crippen molar-refractivity contribution in [1.82, 2.24) is 10.3 Å². The van der Waals surface area contributed by atoms with Gasteiger partial charge in [-0.2, -0.15) is 0 Å². The monoisotopic (exact) mass is 372 g/mol. The number of nitrogens with one attached hydrogen (secondary N) is 1. The third-order valence-corrected chi connectivity index (χ3v) is 4.24. The van der Waals surface area contributed by atoms with Crippen LogP contribution in [0.1, 0.15) is 34.4 Å². The Kier molecular flexibility index (Phi) is 6.13. The van der Waals surface area contributed by atoms with Crippen LogP contribution in [0.15, 0.2) is 17.5 Å². The van der Waals surface area contributed by atoms with E-state index in [-0.39, 0.29) is 11.3 Å². The van der Waals surface area contributed by atoms with Gasteiger partial charge in [0, 0.05) is 11.8 Å². The molecule has 134 valence electrons. The molecule has 1 heterocycles. The van der Waals surface area contributed by atoms with Gasteiger partial charge in [-0.1, -0.05) is 6.92 Å². The summed E-state index contributed by atoms with van der Waals surface area (Å²) < 4.78 is 39.4. The molecule has 0 aliphatic rings. The Bertz CT molecular complexity index is 772. The van der Waals surface area contributed by atoms with E-state index in [4.69, 9.17) is 0 Å². The third-order valence-electron chi connectivity index (χ3n) is 3.34. The number of hydrogen-bond acceptors (Lipinski definition) is 4. The molecule has 2 aromatic rings. The molecule has 0 saturated carbocycles. The van der Waals surface area contributed by atoms with Crippen LogP contribution in [0.4, 0.5) is 13.2 Å². The Morgan fingerprint density at radius 1 is 1.28 bits per heavy atom. The minimum atomic E-state index is -1.63. The average molecular weight is 372 g/mol. The molecule has 2 N–H and O–H groups in total. The summed E-state index contributed by atoms with van der Waals surface area (Å²) in [6.07, 6.45) is 1.16. The highest BCUT2D eigenvalue weighted by Gasteiger charge is 2.23. The molecule has 0 aliphatic heterocycles. The zero-order chi connectivity index (χ0) is 18.6. The van der Waals surface area contributed by atoms with Crippen molar-refractivity contribution < 1.29 is 27.9 Å². The largest absolute Gasteiger partial charge is 0.480 e. The van der Waals surface area contributed by atoms with Crippen molar-refractivity contribution in [3.05, 3.63) is 51.2 Å². The number of thiazole rings is 1. The van der Waals surface area contributed by atoms with E-state index in [9.17, 15) is 27.9 Å². The first kappa shape index (κ1) is 18.9. The van der Waals surface area contributed by atoms with Crippen LogP contribution in [0.3, 0.4) is 0 Å². The summed E-state index contributed by atoms with van der Waals surface area (Å²) in [5.41, 5.74) is -0.00906. The molecule has 0 bridgehead atoms. The van der Waals surface area contributed by atoms with Crippen molar-refractivity contribution >= 4 is 23.2 Å². The molecule has 0 aliphatic carbocycles. The lowest BCUT2D eigenvalue weighted by Gasteiger charge is -2.14. The lowest BCUT2D eigenvalue weighted by Crippen LogP contribution is -2.42. The Hall–Kier alpha value is -2.42. The molecule has 0 saturated heterocycles. The van der Waals surface area contributed by atoms with Crippen LogP contribution >= 0.6 is 11.3 Å².